The summed E-state index contributed by atoms with van der Waals surface area (Å²) < 4.78 is 0. The summed E-state index contributed by atoms with van der Waals surface area (Å²) in [5.41, 5.74) is 7.64. The van der Waals surface area contributed by atoms with Gasteiger partial charge in [-0.1, -0.05) is 37.3 Å². The maximum absolute atomic E-state index is 5.74. The van der Waals surface area contributed by atoms with Crippen molar-refractivity contribution in [2.24, 2.45) is 11.1 Å². The first-order chi connectivity index (χ1) is 8.72. The normalized spacial score (nSPS) is 25.9. The van der Waals surface area contributed by atoms with E-state index in [0.29, 0.717) is 5.41 Å². The number of nitrogens with zero attached hydrogens (tertiary/aromatic N) is 1. The van der Waals surface area contributed by atoms with Gasteiger partial charge in [0.2, 0.25) is 0 Å². The first kappa shape index (κ1) is 13.6. The maximum atomic E-state index is 5.74. The highest BCUT2D eigenvalue weighted by atomic mass is 15.1. The lowest BCUT2D eigenvalue weighted by Gasteiger charge is -2.27. The molecule has 2 rings (SSSR count). The fourth-order valence-electron chi connectivity index (χ4n) is 2.99. The summed E-state index contributed by atoms with van der Waals surface area (Å²) in [5.74, 6) is 0. The molecular formula is C16H26N2. The van der Waals surface area contributed by atoms with E-state index in [9.17, 15) is 0 Å². The van der Waals surface area contributed by atoms with E-state index in [1.807, 2.05) is 0 Å². The summed E-state index contributed by atoms with van der Waals surface area (Å²) in [6.45, 7) is 6.78. The molecule has 1 aliphatic rings. The van der Waals surface area contributed by atoms with Gasteiger partial charge in [0.1, 0.15) is 0 Å². The molecule has 18 heavy (non-hydrogen) atoms. The van der Waals surface area contributed by atoms with Gasteiger partial charge in [0.15, 0.2) is 0 Å². The summed E-state index contributed by atoms with van der Waals surface area (Å²) in [7, 11) is 0. The fourth-order valence-corrected chi connectivity index (χ4v) is 2.99. The average Bonchev–Trinajstić information content (AvgIpc) is 2.54. The van der Waals surface area contributed by atoms with E-state index in [0.717, 1.165) is 13.1 Å². The molecule has 0 spiro atoms. The standard InChI is InChI=1S/C16H26N2/c1-16(9-11-17)8-5-12-18(13-10-16)14-15-6-3-2-4-7-15/h2-4,6-7H,5,8-14,17H2,1H3. The van der Waals surface area contributed by atoms with Crippen molar-refractivity contribution < 1.29 is 0 Å². The SMILES string of the molecule is CC1(CCN)CCCN(Cc2ccccc2)CC1. The molecule has 0 amide bonds. The van der Waals surface area contributed by atoms with Crippen molar-refractivity contribution in [3.8, 4) is 0 Å². The van der Waals surface area contributed by atoms with Crippen LogP contribution in [0.2, 0.25) is 0 Å². The number of hydrogen-bond acceptors (Lipinski definition) is 2. The van der Waals surface area contributed by atoms with Gasteiger partial charge in [-0.3, -0.25) is 4.90 Å². The Balaban J connectivity index is 1.89. The highest BCUT2D eigenvalue weighted by molar-refractivity contribution is 5.14. The van der Waals surface area contributed by atoms with E-state index in [-0.39, 0.29) is 0 Å². The number of benzene rings is 1. The molecule has 1 aliphatic heterocycles. The van der Waals surface area contributed by atoms with Crippen LogP contribution in [0.1, 0.15) is 38.2 Å². The highest BCUT2D eigenvalue weighted by Gasteiger charge is 2.26. The summed E-state index contributed by atoms with van der Waals surface area (Å²) in [4.78, 5) is 2.59. The van der Waals surface area contributed by atoms with Gasteiger partial charge < -0.3 is 5.73 Å². The van der Waals surface area contributed by atoms with Crippen molar-refractivity contribution in [1.82, 2.24) is 4.90 Å². The Kier molecular flexibility index (Phi) is 4.79. The summed E-state index contributed by atoms with van der Waals surface area (Å²) in [6, 6.07) is 10.8. The third-order valence-electron chi connectivity index (χ3n) is 4.28. The van der Waals surface area contributed by atoms with Gasteiger partial charge in [-0.05, 0) is 56.3 Å². The van der Waals surface area contributed by atoms with E-state index in [4.69, 9.17) is 5.73 Å². The molecule has 0 bridgehead atoms. The molecule has 0 radical (unpaired) electrons. The van der Waals surface area contributed by atoms with Crippen LogP contribution in [-0.4, -0.2) is 24.5 Å². The van der Waals surface area contributed by atoms with E-state index in [1.54, 1.807) is 0 Å². The number of hydrogen-bond donors (Lipinski definition) is 1. The maximum Gasteiger partial charge on any atom is 0.0233 e. The molecule has 1 fully saturated rings. The molecule has 100 valence electrons. The predicted octanol–water partition coefficient (Wildman–Crippen LogP) is 3.03. The van der Waals surface area contributed by atoms with Crippen molar-refractivity contribution in [2.45, 2.75) is 39.2 Å². The zero-order chi connectivity index (χ0) is 12.8. The fraction of sp³-hybridized carbons (Fsp3) is 0.625. The third-order valence-corrected chi connectivity index (χ3v) is 4.28. The summed E-state index contributed by atoms with van der Waals surface area (Å²) in [6.07, 6.45) is 5.10. The number of rotatable bonds is 4. The molecule has 1 aromatic rings. The molecule has 1 heterocycles. The van der Waals surface area contributed by atoms with E-state index < -0.39 is 0 Å². The van der Waals surface area contributed by atoms with Crippen LogP contribution < -0.4 is 5.73 Å². The second-order valence-electron chi connectivity index (χ2n) is 5.96. The van der Waals surface area contributed by atoms with Crippen LogP contribution in [0.5, 0.6) is 0 Å². The molecule has 0 aliphatic carbocycles. The predicted molar refractivity (Wildman–Crippen MR) is 77.3 cm³/mol. The zero-order valence-corrected chi connectivity index (χ0v) is 11.6. The van der Waals surface area contributed by atoms with Crippen molar-refractivity contribution in [1.29, 1.82) is 0 Å². The van der Waals surface area contributed by atoms with Crippen molar-refractivity contribution in [3.63, 3.8) is 0 Å². The highest BCUT2D eigenvalue weighted by Crippen LogP contribution is 2.34. The van der Waals surface area contributed by atoms with Gasteiger partial charge >= 0.3 is 0 Å². The quantitative estimate of drug-likeness (QED) is 0.885. The second kappa shape index (κ2) is 6.35. The van der Waals surface area contributed by atoms with Gasteiger partial charge in [0.05, 0.1) is 0 Å². The largest absolute Gasteiger partial charge is 0.330 e. The first-order valence-corrected chi connectivity index (χ1v) is 7.18. The molecule has 1 atom stereocenters. The first-order valence-electron chi connectivity index (χ1n) is 7.18. The molecule has 2 N–H and O–H groups in total. The van der Waals surface area contributed by atoms with Crippen LogP contribution in [0, 0.1) is 5.41 Å². The number of nitrogens with two attached hydrogens (primary N) is 1. The van der Waals surface area contributed by atoms with E-state index in [2.05, 4.69) is 42.2 Å². The van der Waals surface area contributed by atoms with Gasteiger partial charge in [-0.25, -0.2) is 0 Å². The smallest absolute Gasteiger partial charge is 0.0233 e. The van der Waals surface area contributed by atoms with E-state index in [1.165, 1.54) is 44.3 Å². The summed E-state index contributed by atoms with van der Waals surface area (Å²) >= 11 is 0. The van der Waals surface area contributed by atoms with Crippen LogP contribution in [0.3, 0.4) is 0 Å². The zero-order valence-electron chi connectivity index (χ0n) is 11.6. The molecule has 1 unspecified atom stereocenters. The average molecular weight is 246 g/mol. The number of likely N-dealkylation sites (tertiary alicyclic amines) is 1. The van der Waals surface area contributed by atoms with Gasteiger partial charge in [0, 0.05) is 6.54 Å². The lowest BCUT2D eigenvalue weighted by atomic mass is 9.80. The van der Waals surface area contributed by atoms with Crippen LogP contribution in [-0.2, 0) is 6.54 Å². The molecule has 0 saturated carbocycles. The Morgan fingerprint density at radius 2 is 1.94 bits per heavy atom. The Labute approximate surface area is 111 Å². The minimum absolute atomic E-state index is 0.472. The molecule has 0 aromatic heterocycles. The van der Waals surface area contributed by atoms with Gasteiger partial charge in [-0.2, -0.15) is 0 Å². The molecule has 2 heteroatoms. The minimum atomic E-state index is 0.472. The Bertz CT molecular complexity index is 349. The molecule has 2 nitrogen and oxygen atoms in total. The lowest BCUT2D eigenvalue weighted by Crippen LogP contribution is -2.26. The van der Waals surface area contributed by atoms with Crippen molar-refractivity contribution in [3.05, 3.63) is 35.9 Å². The van der Waals surface area contributed by atoms with Crippen LogP contribution in [0.25, 0.3) is 0 Å². The topological polar surface area (TPSA) is 29.3 Å². The Morgan fingerprint density at radius 1 is 1.17 bits per heavy atom. The van der Waals surface area contributed by atoms with Crippen molar-refractivity contribution >= 4 is 0 Å². The summed E-state index contributed by atoms with van der Waals surface area (Å²) in [5, 5.41) is 0. The van der Waals surface area contributed by atoms with Crippen LogP contribution in [0.4, 0.5) is 0 Å². The van der Waals surface area contributed by atoms with Gasteiger partial charge in [0.25, 0.3) is 0 Å². The van der Waals surface area contributed by atoms with Crippen LogP contribution in [0.15, 0.2) is 30.3 Å². The minimum Gasteiger partial charge on any atom is -0.330 e. The molecular weight excluding hydrogens is 220 g/mol. The second-order valence-corrected chi connectivity index (χ2v) is 5.96. The monoisotopic (exact) mass is 246 g/mol. The molecule has 1 saturated heterocycles. The van der Waals surface area contributed by atoms with Crippen molar-refractivity contribution in [2.75, 3.05) is 19.6 Å². The molecule has 1 aromatic carbocycles. The lowest BCUT2D eigenvalue weighted by molar-refractivity contribution is 0.234. The Hall–Kier alpha value is -0.860. The van der Waals surface area contributed by atoms with E-state index >= 15 is 0 Å². The van der Waals surface area contributed by atoms with Crippen LogP contribution >= 0.6 is 0 Å². The van der Waals surface area contributed by atoms with Gasteiger partial charge in [-0.15, -0.1) is 0 Å². The Morgan fingerprint density at radius 3 is 2.67 bits per heavy atom. The third kappa shape index (κ3) is 3.82.